The van der Waals surface area contributed by atoms with E-state index >= 15 is 0 Å². The molecule has 0 fully saturated rings. The molecule has 2 heterocycles. The molecule has 6 heteroatoms. The second-order valence-corrected chi connectivity index (χ2v) is 6.96. The zero-order chi connectivity index (χ0) is 17.9. The number of benzene rings is 2. The Hall–Kier alpha value is -2.86. The topological polar surface area (TPSA) is 47.6 Å². The number of halogens is 1. The summed E-state index contributed by atoms with van der Waals surface area (Å²) in [6, 6.07) is 17.3. The first-order chi connectivity index (χ1) is 12.7. The highest BCUT2D eigenvalue weighted by Gasteiger charge is 2.21. The number of nitrogens with one attached hydrogen (secondary N) is 1. The Morgan fingerprint density at radius 1 is 1.08 bits per heavy atom. The third kappa shape index (κ3) is 3.55. The summed E-state index contributed by atoms with van der Waals surface area (Å²) in [7, 11) is 0. The summed E-state index contributed by atoms with van der Waals surface area (Å²) >= 11 is 1.37. The Morgan fingerprint density at radius 3 is 2.65 bits per heavy atom. The third-order valence-electron chi connectivity index (χ3n) is 4.02. The zero-order valence-corrected chi connectivity index (χ0v) is 14.6. The molecule has 1 amide bonds. The number of amides is 1. The van der Waals surface area contributed by atoms with Crippen molar-refractivity contribution < 1.29 is 18.7 Å². The van der Waals surface area contributed by atoms with Crippen LogP contribution in [0, 0.1) is 5.82 Å². The fraction of sp³-hybridized carbons (Fsp3) is 0.150. The van der Waals surface area contributed by atoms with Gasteiger partial charge in [-0.3, -0.25) is 4.79 Å². The lowest BCUT2D eigenvalue weighted by Crippen LogP contribution is -2.40. The van der Waals surface area contributed by atoms with Crippen LogP contribution in [-0.2, 0) is 0 Å². The molecule has 2 aromatic carbocycles. The third-order valence-corrected chi connectivity index (χ3v) is 5.15. The molecule has 3 aromatic rings. The molecule has 132 valence electrons. The molecule has 1 aliphatic heterocycles. The van der Waals surface area contributed by atoms with Crippen LogP contribution < -0.4 is 14.8 Å². The average molecular weight is 369 g/mol. The Balaban J connectivity index is 1.36. The van der Waals surface area contributed by atoms with Crippen LogP contribution in [0.4, 0.5) is 4.39 Å². The van der Waals surface area contributed by atoms with Crippen molar-refractivity contribution in [1.82, 2.24) is 5.32 Å². The summed E-state index contributed by atoms with van der Waals surface area (Å²) in [5.41, 5.74) is 0.885. The molecular formula is C20H16FNO3S. The number of hydrogen-bond donors (Lipinski definition) is 1. The quantitative estimate of drug-likeness (QED) is 0.752. The number of ether oxygens (including phenoxy) is 2. The van der Waals surface area contributed by atoms with E-state index in [0.717, 1.165) is 16.2 Å². The van der Waals surface area contributed by atoms with Gasteiger partial charge < -0.3 is 14.8 Å². The molecule has 4 nitrogen and oxygen atoms in total. The molecule has 4 rings (SSSR count). The molecule has 0 aliphatic carbocycles. The van der Waals surface area contributed by atoms with Crippen molar-refractivity contribution in [3.05, 3.63) is 71.4 Å². The molecular weight excluding hydrogens is 353 g/mol. The Labute approximate surface area is 154 Å². The Morgan fingerprint density at radius 2 is 1.85 bits per heavy atom. The molecule has 0 radical (unpaired) electrons. The SMILES string of the molecule is O=C(NCC1COc2ccccc2O1)c1ccc(-c2ccc(F)cc2)s1. The predicted molar refractivity (Wildman–Crippen MR) is 98.4 cm³/mol. The van der Waals surface area contributed by atoms with Crippen molar-refractivity contribution in [2.75, 3.05) is 13.2 Å². The van der Waals surface area contributed by atoms with Gasteiger partial charge in [-0.2, -0.15) is 0 Å². The van der Waals surface area contributed by atoms with Gasteiger partial charge in [-0.1, -0.05) is 24.3 Å². The van der Waals surface area contributed by atoms with Crippen LogP contribution in [0.15, 0.2) is 60.7 Å². The molecule has 1 aliphatic rings. The summed E-state index contributed by atoms with van der Waals surface area (Å²) in [4.78, 5) is 13.9. The maximum absolute atomic E-state index is 13.0. The van der Waals surface area contributed by atoms with Gasteiger partial charge in [-0.25, -0.2) is 4.39 Å². The van der Waals surface area contributed by atoms with E-state index in [1.807, 2.05) is 30.3 Å². The molecule has 0 saturated heterocycles. The van der Waals surface area contributed by atoms with Crippen molar-refractivity contribution >= 4 is 17.2 Å². The van der Waals surface area contributed by atoms with Gasteiger partial charge in [-0.05, 0) is 42.0 Å². The number of hydrogen-bond acceptors (Lipinski definition) is 4. The lowest BCUT2D eigenvalue weighted by molar-refractivity contribution is 0.0791. The fourth-order valence-electron chi connectivity index (χ4n) is 2.69. The van der Waals surface area contributed by atoms with Gasteiger partial charge >= 0.3 is 0 Å². The van der Waals surface area contributed by atoms with E-state index in [2.05, 4.69) is 5.32 Å². The van der Waals surface area contributed by atoms with Crippen LogP contribution in [0.5, 0.6) is 11.5 Å². The van der Waals surface area contributed by atoms with Crippen molar-refractivity contribution in [2.24, 2.45) is 0 Å². The van der Waals surface area contributed by atoms with Crippen LogP contribution in [0.3, 0.4) is 0 Å². The van der Waals surface area contributed by atoms with Gasteiger partial charge in [0.05, 0.1) is 11.4 Å². The molecule has 0 saturated carbocycles. The molecule has 0 bridgehead atoms. The number of fused-ring (bicyclic) bond motifs is 1. The summed E-state index contributed by atoms with van der Waals surface area (Å²) < 4.78 is 24.5. The monoisotopic (exact) mass is 369 g/mol. The minimum atomic E-state index is -0.278. The number of rotatable bonds is 4. The summed E-state index contributed by atoms with van der Waals surface area (Å²) in [6.07, 6.45) is -0.231. The van der Waals surface area contributed by atoms with Crippen molar-refractivity contribution in [1.29, 1.82) is 0 Å². The van der Waals surface area contributed by atoms with E-state index < -0.39 is 0 Å². The van der Waals surface area contributed by atoms with Crippen LogP contribution >= 0.6 is 11.3 Å². The lowest BCUT2D eigenvalue weighted by atomic mass is 10.2. The lowest BCUT2D eigenvalue weighted by Gasteiger charge is -2.26. The van der Waals surface area contributed by atoms with Gasteiger partial charge in [-0.15, -0.1) is 11.3 Å². The first kappa shape index (κ1) is 16.6. The van der Waals surface area contributed by atoms with E-state index in [9.17, 15) is 9.18 Å². The van der Waals surface area contributed by atoms with Crippen molar-refractivity contribution in [3.8, 4) is 21.9 Å². The van der Waals surface area contributed by atoms with Crippen LogP contribution in [-0.4, -0.2) is 25.2 Å². The highest BCUT2D eigenvalue weighted by atomic mass is 32.1. The van der Waals surface area contributed by atoms with E-state index in [-0.39, 0.29) is 17.8 Å². The largest absolute Gasteiger partial charge is 0.486 e. The summed E-state index contributed by atoms with van der Waals surface area (Å²) in [6.45, 7) is 0.750. The van der Waals surface area contributed by atoms with E-state index in [4.69, 9.17) is 9.47 Å². The minimum absolute atomic E-state index is 0.161. The highest BCUT2D eigenvalue weighted by Crippen LogP contribution is 2.31. The van der Waals surface area contributed by atoms with Crippen LogP contribution in [0.25, 0.3) is 10.4 Å². The van der Waals surface area contributed by atoms with Crippen LogP contribution in [0.1, 0.15) is 9.67 Å². The van der Waals surface area contributed by atoms with Gasteiger partial charge in [0, 0.05) is 4.88 Å². The van der Waals surface area contributed by atoms with E-state index in [0.29, 0.717) is 23.8 Å². The Bertz CT molecular complexity index is 923. The van der Waals surface area contributed by atoms with E-state index in [1.165, 1.54) is 23.5 Å². The van der Waals surface area contributed by atoms with Crippen molar-refractivity contribution in [3.63, 3.8) is 0 Å². The molecule has 1 aromatic heterocycles. The average Bonchev–Trinajstić information content (AvgIpc) is 3.17. The predicted octanol–water partition coefficient (Wildman–Crippen LogP) is 4.12. The minimum Gasteiger partial charge on any atom is -0.486 e. The number of carbonyl (C=O) groups excluding carboxylic acids is 1. The van der Waals surface area contributed by atoms with Gasteiger partial charge in [0.2, 0.25) is 0 Å². The first-order valence-electron chi connectivity index (χ1n) is 8.21. The van der Waals surface area contributed by atoms with Gasteiger partial charge in [0.15, 0.2) is 11.5 Å². The number of para-hydroxylation sites is 2. The molecule has 1 N–H and O–H groups in total. The maximum atomic E-state index is 13.0. The van der Waals surface area contributed by atoms with Crippen LogP contribution in [0.2, 0.25) is 0 Å². The molecule has 1 unspecified atom stereocenters. The van der Waals surface area contributed by atoms with Gasteiger partial charge in [0.1, 0.15) is 18.5 Å². The smallest absolute Gasteiger partial charge is 0.261 e. The van der Waals surface area contributed by atoms with E-state index in [1.54, 1.807) is 18.2 Å². The molecule has 0 spiro atoms. The number of thiophene rings is 1. The Kier molecular flexibility index (Phi) is 4.58. The second-order valence-electron chi connectivity index (χ2n) is 5.88. The van der Waals surface area contributed by atoms with Crippen molar-refractivity contribution in [2.45, 2.75) is 6.10 Å². The fourth-order valence-corrected chi connectivity index (χ4v) is 3.61. The number of carbonyl (C=O) groups is 1. The zero-order valence-electron chi connectivity index (χ0n) is 13.8. The molecule has 26 heavy (non-hydrogen) atoms. The van der Waals surface area contributed by atoms with Gasteiger partial charge in [0.25, 0.3) is 5.91 Å². The first-order valence-corrected chi connectivity index (χ1v) is 9.03. The maximum Gasteiger partial charge on any atom is 0.261 e. The summed E-state index contributed by atoms with van der Waals surface area (Å²) in [5.74, 6) is 0.968. The highest BCUT2D eigenvalue weighted by molar-refractivity contribution is 7.17. The molecule has 1 atom stereocenters. The summed E-state index contributed by atoms with van der Waals surface area (Å²) in [5, 5.41) is 2.88. The standard InChI is InChI=1S/C20H16FNO3S/c21-14-7-5-13(6-8-14)18-9-10-19(26-18)20(23)22-11-15-12-24-16-3-1-2-4-17(16)25-15/h1-10,15H,11-12H2,(H,22,23). The second kappa shape index (κ2) is 7.17. The normalized spacial score (nSPS) is 15.5.